The second-order valence-electron chi connectivity index (χ2n) is 4.93. The van der Waals surface area contributed by atoms with Gasteiger partial charge in [-0.25, -0.2) is 0 Å². The van der Waals surface area contributed by atoms with Crippen molar-refractivity contribution in [2.24, 2.45) is 0 Å². The SMILES string of the molecule is Cc1cc(N2CC(C)OC(CO)C2)ccc1CO. The van der Waals surface area contributed by atoms with Crippen LogP contribution in [0.25, 0.3) is 0 Å². The number of hydrogen-bond acceptors (Lipinski definition) is 4. The van der Waals surface area contributed by atoms with Crippen LogP contribution in [0.4, 0.5) is 5.69 Å². The lowest BCUT2D eigenvalue weighted by Crippen LogP contribution is -2.48. The molecule has 1 aromatic carbocycles. The van der Waals surface area contributed by atoms with Crippen LogP contribution in [0.2, 0.25) is 0 Å². The maximum Gasteiger partial charge on any atom is 0.0984 e. The minimum absolute atomic E-state index is 0.0501. The Morgan fingerprint density at radius 2 is 2.11 bits per heavy atom. The quantitative estimate of drug-likeness (QED) is 0.844. The number of morpholine rings is 1. The first-order valence-electron chi connectivity index (χ1n) is 6.35. The molecule has 1 aromatic rings. The van der Waals surface area contributed by atoms with Gasteiger partial charge in [0, 0.05) is 18.8 Å². The molecule has 100 valence electrons. The first kappa shape index (κ1) is 13.3. The van der Waals surface area contributed by atoms with Crippen LogP contribution in [0.3, 0.4) is 0 Å². The van der Waals surface area contributed by atoms with Crippen LogP contribution < -0.4 is 4.90 Å². The lowest BCUT2D eigenvalue weighted by Gasteiger charge is -2.37. The zero-order valence-electron chi connectivity index (χ0n) is 11.0. The molecule has 1 saturated heterocycles. The Balaban J connectivity index is 2.17. The van der Waals surface area contributed by atoms with Crippen molar-refractivity contribution in [3.05, 3.63) is 29.3 Å². The van der Waals surface area contributed by atoms with Crippen LogP contribution in [0.5, 0.6) is 0 Å². The number of rotatable bonds is 3. The van der Waals surface area contributed by atoms with Crippen LogP contribution in [0, 0.1) is 6.92 Å². The van der Waals surface area contributed by atoms with Crippen molar-refractivity contribution in [2.75, 3.05) is 24.6 Å². The number of aliphatic hydroxyl groups is 2. The average molecular weight is 251 g/mol. The molecule has 0 aliphatic carbocycles. The summed E-state index contributed by atoms with van der Waals surface area (Å²) in [6, 6.07) is 6.06. The topological polar surface area (TPSA) is 52.9 Å². The first-order valence-corrected chi connectivity index (χ1v) is 6.35. The smallest absolute Gasteiger partial charge is 0.0984 e. The number of aliphatic hydroxyl groups excluding tert-OH is 2. The molecule has 0 amide bonds. The molecule has 2 N–H and O–H groups in total. The highest BCUT2D eigenvalue weighted by molar-refractivity contribution is 5.51. The van der Waals surface area contributed by atoms with Gasteiger partial charge >= 0.3 is 0 Å². The molecular formula is C14H21NO3. The zero-order chi connectivity index (χ0) is 13.1. The number of aryl methyl sites for hydroxylation is 1. The van der Waals surface area contributed by atoms with Crippen LogP contribution >= 0.6 is 0 Å². The molecule has 0 radical (unpaired) electrons. The predicted octanol–water partition coefficient (Wildman–Crippen LogP) is 1.07. The molecule has 4 heteroatoms. The Labute approximate surface area is 108 Å². The van der Waals surface area contributed by atoms with Crippen molar-refractivity contribution in [1.82, 2.24) is 0 Å². The predicted molar refractivity (Wildman–Crippen MR) is 70.7 cm³/mol. The van der Waals surface area contributed by atoms with Gasteiger partial charge in [0.1, 0.15) is 0 Å². The lowest BCUT2D eigenvalue weighted by atomic mass is 10.1. The molecule has 0 spiro atoms. The lowest BCUT2D eigenvalue weighted by molar-refractivity contribution is -0.0421. The van der Waals surface area contributed by atoms with Gasteiger partial charge in [0.05, 0.1) is 25.4 Å². The number of hydrogen-bond donors (Lipinski definition) is 2. The highest BCUT2D eigenvalue weighted by Crippen LogP contribution is 2.23. The van der Waals surface area contributed by atoms with E-state index in [-0.39, 0.29) is 25.4 Å². The van der Waals surface area contributed by atoms with Crippen molar-refractivity contribution in [2.45, 2.75) is 32.7 Å². The summed E-state index contributed by atoms with van der Waals surface area (Å²) >= 11 is 0. The maximum absolute atomic E-state index is 9.23. The van der Waals surface area contributed by atoms with Gasteiger partial charge in [-0.3, -0.25) is 0 Å². The van der Waals surface area contributed by atoms with E-state index in [4.69, 9.17) is 4.74 Å². The molecule has 1 fully saturated rings. The Morgan fingerprint density at radius 3 is 2.72 bits per heavy atom. The number of benzene rings is 1. The highest BCUT2D eigenvalue weighted by atomic mass is 16.5. The third-order valence-electron chi connectivity index (χ3n) is 3.39. The molecule has 0 bridgehead atoms. The fraction of sp³-hybridized carbons (Fsp3) is 0.571. The fourth-order valence-corrected chi connectivity index (χ4v) is 2.41. The van der Waals surface area contributed by atoms with Gasteiger partial charge in [-0.05, 0) is 37.1 Å². The third kappa shape index (κ3) is 2.83. The Morgan fingerprint density at radius 1 is 1.33 bits per heavy atom. The fourth-order valence-electron chi connectivity index (χ4n) is 2.41. The van der Waals surface area contributed by atoms with Crippen LogP contribution in [0.1, 0.15) is 18.1 Å². The van der Waals surface area contributed by atoms with Gasteiger partial charge in [0.2, 0.25) is 0 Å². The van der Waals surface area contributed by atoms with E-state index >= 15 is 0 Å². The van der Waals surface area contributed by atoms with E-state index in [0.717, 1.165) is 23.4 Å². The van der Waals surface area contributed by atoms with Crippen LogP contribution in [-0.4, -0.2) is 42.1 Å². The summed E-state index contributed by atoms with van der Waals surface area (Å²) in [5, 5.41) is 18.4. The highest BCUT2D eigenvalue weighted by Gasteiger charge is 2.24. The van der Waals surface area contributed by atoms with E-state index in [1.165, 1.54) is 0 Å². The molecule has 2 rings (SSSR count). The third-order valence-corrected chi connectivity index (χ3v) is 3.39. The maximum atomic E-state index is 9.23. The minimum Gasteiger partial charge on any atom is -0.394 e. The molecule has 2 atom stereocenters. The summed E-state index contributed by atoms with van der Waals surface area (Å²) in [6.45, 7) is 5.68. The minimum atomic E-state index is -0.119. The largest absolute Gasteiger partial charge is 0.394 e. The molecule has 0 aromatic heterocycles. The summed E-state index contributed by atoms with van der Waals surface area (Å²) in [4.78, 5) is 2.23. The molecule has 1 aliphatic rings. The van der Waals surface area contributed by atoms with Gasteiger partial charge in [-0.1, -0.05) is 6.07 Å². The summed E-state index contributed by atoms with van der Waals surface area (Å²) in [5.74, 6) is 0. The van der Waals surface area contributed by atoms with Crippen molar-refractivity contribution < 1.29 is 14.9 Å². The summed E-state index contributed by atoms with van der Waals surface area (Å²) in [7, 11) is 0. The van der Waals surface area contributed by atoms with Gasteiger partial charge < -0.3 is 19.8 Å². The molecule has 0 saturated carbocycles. The first-order chi connectivity index (χ1) is 8.63. The molecule has 1 aliphatic heterocycles. The standard InChI is InChI=1S/C14H21NO3/c1-10-5-13(4-3-12(10)8-16)15-6-11(2)18-14(7-15)9-17/h3-5,11,14,16-17H,6-9H2,1-2H3. The second-order valence-corrected chi connectivity index (χ2v) is 4.93. The van der Waals surface area contributed by atoms with E-state index in [1.807, 2.05) is 26.0 Å². The number of nitrogens with zero attached hydrogens (tertiary/aromatic N) is 1. The van der Waals surface area contributed by atoms with Crippen molar-refractivity contribution in [3.8, 4) is 0 Å². The van der Waals surface area contributed by atoms with E-state index in [0.29, 0.717) is 6.54 Å². The molecule has 1 heterocycles. The van der Waals surface area contributed by atoms with Gasteiger partial charge in [0.15, 0.2) is 0 Å². The summed E-state index contributed by atoms with van der Waals surface area (Å²) < 4.78 is 5.63. The molecule has 2 unspecified atom stereocenters. The number of anilines is 1. The summed E-state index contributed by atoms with van der Waals surface area (Å²) in [5.41, 5.74) is 3.17. The second kappa shape index (κ2) is 5.69. The molecular weight excluding hydrogens is 230 g/mol. The van der Waals surface area contributed by atoms with Gasteiger partial charge in [-0.15, -0.1) is 0 Å². The number of ether oxygens (including phenoxy) is 1. The van der Waals surface area contributed by atoms with Crippen LogP contribution in [0.15, 0.2) is 18.2 Å². The molecule has 18 heavy (non-hydrogen) atoms. The van der Waals surface area contributed by atoms with Gasteiger partial charge in [-0.2, -0.15) is 0 Å². The monoisotopic (exact) mass is 251 g/mol. The Kier molecular flexibility index (Phi) is 4.22. The Bertz CT molecular complexity index is 408. The van der Waals surface area contributed by atoms with E-state index < -0.39 is 0 Å². The average Bonchev–Trinajstić information content (AvgIpc) is 2.37. The van der Waals surface area contributed by atoms with Crippen molar-refractivity contribution in [3.63, 3.8) is 0 Å². The van der Waals surface area contributed by atoms with E-state index in [2.05, 4.69) is 11.0 Å². The van der Waals surface area contributed by atoms with Crippen molar-refractivity contribution in [1.29, 1.82) is 0 Å². The zero-order valence-corrected chi connectivity index (χ0v) is 11.0. The summed E-state index contributed by atoms with van der Waals surface area (Å²) in [6.07, 6.45) is 0.000277. The normalized spacial score (nSPS) is 24.3. The van der Waals surface area contributed by atoms with Gasteiger partial charge in [0.25, 0.3) is 0 Å². The van der Waals surface area contributed by atoms with Crippen LogP contribution in [-0.2, 0) is 11.3 Å². The van der Waals surface area contributed by atoms with E-state index in [9.17, 15) is 10.2 Å². The molecule has 4 nitrogen and oxygen atoms in total. The van der Waals surface area contributed by atoms with E-state index in [1.54, 1.807) is 0 Å². The van der Waals surface area contributed by atoms with Crippen molar-refractivity contribution >= 4 is 5.69 Å². The Hall–Kier alpha value is -1.10.